The van der Waals surface area contributed by atoms with Crippen molar-refractivity contribution in [2.75, 3.05) is 5.75 Å². The second-order valence-corrected chi connectivity index (χ2v) is 23.7. The van der Waals surface area contributed by atoms with Crippen LogP contribution < -0.4 is 0 Å². The highest BCUT2D eigenvalue weighted by molar-refractivity contribution is 7.92. The summed E-state index contributed by atoms with van der Waals surface area (Å²) >= 11 is 0. The van der Waals surface area contributed by atoms with Gasteiger partial charge in [-0.1, -0.05) is 116 Å². The maximum Gasteiger partial charge on any atom is 0.265 e. The maximum atomic E-state index is 13.7. The summed E-state index contributed by atoms with van der Waals surface area (Å²) in [6, 6.07) is 4.62. The van der Waals surface area contributed by atoms with Crippen molar-refractivity contribution in [3.63, 3.8) is 0 Å². The van der Waals surface area contributed by atoms with E-state index in [1.807, 2.05) is 0 Å². The molecule has 0 aromatic rings. The molecule has 0 aliphatic rings. The first-order valence-electron chi connectivity index (χ1n) is 12.2. The van der Waals surface area contributed by atoms with E-state index in [1.54, 1.807) is 0 Å². The minimum atomic E-state index is -4.55. The molecular weight excluding hydrogens is 469 g/mol. The molecule has 0 saturated carbocycles. The Labute approximate surface area is 194 Å². The van der Waals surface area contributed by atoms with Gasteiger partial charge in [0.2, 0.25) is 0 Å². The minimum Gasteiger partial charge on any atom is -0.286 e. The molecule has 10 heteroatoms. The van der Waals surface area contributed by atoms with Gasteiger partial charge < -0.3 is 0 Å². The molecule has 0 fully saturated rings. The Morgan fingerprint density at radius 1 is 0.581 bits per heavy atom. The summed E-state index contributed by atoms with van der Waals surface area (Å²) in [5.41, 5.74) is 0. The van der Waals surface area contributed by atoms with Crippen molar-refractivity contribution >= 4 is 36.4 Å². The van der Waals surface area contributed by atoms with Crippen LogP contribution in [0.25, 0.3) is 0 Å². The van der Waals surface area contributed by atoms with Gasteiger partial charge in [0.05, 0.1) is 25.9 Å². The molecule has 0 spiro atoms. The average molecular weight is 517 g/mol. The molecule has 0 aromatic carbocycles. The topological polar surface area (TPSA) is 109 Å². The Morgan fingerprint density at radius 3 is 1.00 bits per heavy atom. The fraction of sp³-hybridized carbons (Fsp3) is 1.00. The molecule has 188 valence electrons. The zero-order chi connectivity index (χ0) is 24.4. The quantitative estimate of drug-likeness (QED) is 0.163. The molecule has 6 nitrogen and oxygen atoms in total. The zero-order valence-electron chi connectivity index (χ0n) is 20.7. The summed E-state index contributed by atoms with van der Waals surface area (Å²) in [6.45, 7) is 12.4. The molecule has 0 bridgehead atoms. The normalized spacial score (nSPS) is 14.2. The van der Waals surface area contributed by atoms with Gasteiger partial charge in [-0.3, -0.25) is 9.11 Å². The molecular formula is C21H48O6S2Si2. The fourth-order valence-corrected chi connectivity index (χ4v) is 32.2. The maximum absolute atomic E-state index is 13.7. The highest BCUT2D eigenvalue weighted by Gasteiger charge is 2.68. The van der Waals surface area contributed by atoms with Gasteiger partial charge in [0.1, 0.15) is 0 Å². The molecule has 0 rings (SSSR count). The van der Waals surface area contributed by atoms with Gasteiger partial charge in [0.25, 0.3) is 20.2 Å². The van der Waals surface area contributed by atoms with Crippen molar-refractivity contribution in [2.45, 2.75) is 127 Å². The van der Waals surface area contributed by atoms with E-state index in [0.29, 0.717) is 0 Å². The summed E-state index contributed by atoms with van der Waals surface area (Å²) in [5.74, 6) is -0.593. The van der Waals surface area contributed by atoms with E-state index in [2.05, 4.69) is 41.5 Å². The van der Waals surface area contributed by atoms with Crippen molar-refractivity contribution in [2.24, 2.45) is 0 Å². The Kier molecular flexibility index (Phi) is 13.3. The molecule has 0 radical (unpaired) electrons. The molecule has 0 aromatic heterocycles. The van der Waals surface area contributed by atoms with E-state index in [9.17, 15) is 25.9 Å². The first-order valence-corrected chi connectivity index (χ1v) is 20.5. The zero-order valence-corrected chi connectivity index (χ0v) is 24.4. The van der Waals surface area contributed by atoms with Crippen LogP contribution in [-0.4, -0.2) is 51.8 Å². The molecule has 0 amide bonds. The van der Waals surface area contributed by atoms with Gasteiger partial charge in [-0.15, -0.1) is 0 Å². The van der Waals surface area contributed by atoms with Gasteiger partial charge >= 0.3 is 0 Å². The van der Waals surface area contributed by atoms with Gasteiger partial charge in [-0.2, -0.15) is 16.8 Å². The predicted octanol–water partition coefficient (Wildman–Crippen LogP) is 6.33. The van der Waals surface area contributed by atoms with Crippen LogP contribution in [0.15, 0.2) is 0 Å². The first-order chi connectivity index (χ1) is 14.3. The standard InChI is InChI=1S/C21H48O6S2Si2/c1-7-15-30(16-8-2,17-9-3)21(29(25,26)27,13-14-28(22,23)24)31(18-10-4,19-11-5)20-12-6/h7-20H2,1-6H3,(H,22,23,24)(H,25,26,27). The Morgan fingerprint density at radius 2 is 0.839 bits per heavy atom. The monoisotopic (exact) mass is 516 g/mol. The second kappa shape index (κ2) is 13.2. The van der Waals surface area contributed by atoms with Crippen LogP contribution in [0.1, 0.15) is 86.5 Å². The Balaban J connectivity index is 7.63. The summed E-state index contributed by atoms with van der Waals surface area (Å²) in [4.78, 5) is 0. The van der Waals surface area contributed by atoms with E-state index in [4.69, 9.17) is 0 Å². The van der Waals surface area contributed by atoms with E-state index >= 15 is 0 Å². The molecule has 0 aliphatic carbocycles. The SMILES string of the molecule is CCC[Si](CCC)(CCC)C(CCS(=O)(=O)O)([Si](CCC)(CCC)CCC)S(=O)(=O)O. The largest absolute Gasteiger partial charge is 0.286 e. The number of rotatable bonds is 18. The van der Waals surface area contributed by atoms with Crippen LogP contribution in [-0.2, 0) is 20.2 Å². The van der Waals surface area contributed by atoms with Crippen LogP contribution >= 0.6 is 0 Å². The van der Waals surface area contributed by atoms with Gasteiger partial charge in [0.15, 0.2) is 0 Å². The lowest BCUT2D eigenvalue weighted by Crippen LogP contribution is -2.76. The van der Waals surface area contributed by atoms with Gasteiger partial charge in [0, 0.05) is 0 Å². The lowest BCUT2D eigenvalue weighted by atomic mass is 10.5. The lowest BCUT2D eigenvalue weighted by molar-refractivity contribution is 0.460. The second-order valence-electron chi connectivity index (χ2n) is 9.40. The van der Waals surface area contributed by atoms with Crippen LogP contribution in [0.2, 0.25) is 36.3 Å². The third-order valence-corrected chi connectivity index (χ3v) is 29.0. The fourth-order valence-electron chi connectivity index (χ4n) is 6.87. The summed E-state index contributed by atoms with van der Waals surface area (Å²) in [5, 5.41) is 0. The van der Waals surface area contributed by atoms with Crippen molar-refractivity contribution < 1.29 is 25.9 Å². The smallest absolute Gasteiger partial charge is 0.265 e. The van der Waals surface area contributed by atoms with E-state index < -0.39 is 46.1 Å². The predicted molar refractivity (Wildman–Crippen MR) is 137 cm³/mol. The van der Waals surface area contributed by atoms with Crippen LogP contribution in [0, 0.1) is 0 Å². The Hall–Kier alpha value is 0.254. The Bertz CT molecular complexity index is 662. The molecule has 0 saturated heterocycles. The minimum absolute atomic E-state index is 0.150. The van der Waals surface area contributed by atoms with Crippen LogP contribution in [0.3, 0.4) is 0 Å². The van der Waals surface area contributed by atoms with Crippen molar-refractivity contribution in [1.82, 2.24) is 0 Å². The first kappa shape index (κ1) is 31.3. The lowest BCUT2D eigenvalue weighted by Gasteiger charge is -2.58. The van der Waals surface area contributed by atoms with E-state index in [1.165, 1.54) is 0 Å². The number of hydrogen-bond donors (Lipinski definition) is 2. The molecule has 0 atom stereocenters. The third kappa shape index (κ3) is 7.12. The third-order valence-electron chi connectivity index (χ3n) is 7.24. The summed E-state index contributed by atoms with van der Waals surface area (Å²) < 4.78 is 70.6. The summed E-state index contributed by atoms with van der Waals surface area (Å²) in [6.07, 6.45) is 4.79. The van der Waals surface area contributed by atoms with E-state index in [-0.39, 0.29) is 6.42 Å². The highest BCUT2D eigenvalue weighted by Crippen LogP contribution is 2.53. The molecule has 31 heavy (non-hydrogen) atoms. The molecule has 0 aliphatic heterocycles. The van der Waals surface area contributed by atoms with Crippen LogP contribution in [0.5, 0.6) is 0 Å². The number of hydrogen-bond acceptors (Lipinski definition) is 4. The van der Waals surface area contributed by atoms with E-state index in [0.717, 1.165) is 74.8 Å². The molecule has 2 N–H and O–H groups in total. The van der Waals surface area contributed by atoms with Crippen molar-refractivity contribution in [1.29, 1.82) is 0 Å². The van der Waals surface area contributed by atoms with Gasteiger partial charge in [-0.05, 0) is 6.42 Å². The van der Waals surface area contributed by atoms with Crippen molar-refractivity contribution in [3.8, 4) is 0 Å². The molecule has 0 heterocycles. The summed E-state index contributed by atoms with van der Waals surface area (Å²) in [7, 11) is -14.3. The van der Waals surface area contributed by atoms with Crippen LogP contribution in [0.4, 0.5) is 0 Å². The van der Waals surface area contributed by atoms with Crippen molar-refractivity contribution in [3.05, 3.63) is 0 Å². The van der Waals surface area contributed by atoms with Gasteiger partial charge in [-0.25, -0.2) is 0 Å². The molecule has 0 unspecified atom stereocenters. The highest BCUT2D eigenvalue weighted by atomic mass is 32.2. The average Bonchev–Trinajstić information content (AvgIpc) is 2.61.